The van der Waals surface area contributed by atoms with Crippen LogP contribution in [0.5, 0.6) is 0 Å². The van der Waals surface area contributed by atoms with Gasteiger partial charge in [0.2, 0.25) is 0 Å². The van der Waals surface area contributed by atoms with Crippen molar-refractivity contribution in [3.8, 4) is 0 Å². The predicted octanol–water partition coefficient (Wildman–Crippen LogP) is 10.5. The van der Waals surface area contributed by atoms with Crippen molar-refractivity contribution in [2.75, 3.05) is 0 Å². The molecule has 0 N–H and O–H groups in total. The number of hydrogen-bond donors (Lipinski definition) is 0. The molecule has 0 unspecified atom stereocenters. The van der Waals surface area contributed by atoms with E-state index in [1.807, 2.05) is 83.1 Å². The average Bonchev–Trinajstić information content (AvgIpc) is 2.41. The fourth-order valence-corrected chi connectivity index (χ4v) is 0. The predicted molar refractivity (Wildman–Crippen MR) is 137 cm³/mol. The Morgan fingerprint density at radius 3 is 0.114 bits per heavy atom. The van der Waals surface area contributed by atoms with Gasteiger partial charge in [-0.15, -0.1) is 0 Å². The molecular weight excluding hydrogens is 4380 g/mol. The van der Waals surface area contributed by atoms with E-state index in [0.29, 0.717) is 0 Å². The molecule has 0 aromatic rings. The Bertz CT molecular complexity index is 80.4. The van der Waals surface area contributed by atoms with Crippen molar-refractivity contribution < 1.29 is 1500 Å². The Hall–Kier alpha value is 50.8. The standard InChI is InChI=1S/C5H8.6C2H6.7CH3.46Y/c1-5(2,3)4;6*1-2;;;;;;;;;;;;;;;;;;;;;;;;;;;;;;;;;;;;;;;;;;;;;;;;;;;;;/h1-4H2;6*1-2H3;7*1H3;;;;;;;;;;;;;;;;;;;;;;;;;;;;;;;;;;;;;;;;;;;;;;/q-4;;;;;;;7*-1;;;;;;;;;;;;;;;;;;;;;;;;;;;;;;;;;;;;;;;;;;;;;;. The third kappa shape index (κ3) is 639. The third-order valence-electron chi connectivity index (χ3n) is 0. The molecular formula is C24H65Y46-11. The van der Waals surface area contributed by atoms with Gasteiger partial charge in [-0.2, -0.15) is 0 Å². The summed E-state index contributed by atoms with van der Waals surface area (Å²) in [7, 11) is 0. The maximum Gasteiger partial charge on any atom is 0 e. The van der Waals surface area contributed by atoms with Crippen LogP contribution in [0.3, 0.4) is 0 Å². The number of rotatable bonds is 0. The topological polar surface area (TPSA) is 0 Å². The van der Waals surface area contributed by atoms with E-state index in [-0.39, 0.29) is 1560 Å². The summed E-state index contributed by atoms with van der Waals surface area (Å²) < 4.78 is 0. The smallest absolute Gasteiger partial charge is 0 e. The van der Waals surface area contributed by atoms with Gasteiger partial charge in [0.15, 0.2) is 0 Å². The van der Waals surface area contributed by atoms with E-state index in [1.54, 1.807) is 0 Å². The van der Waals surface area contributed by atoms with Gasteiger partial charge in [0.25, 0.3) is 0 Å². The second kappa shape index (κ2) is 524. The van der Waals surface area contributed by atoms with Gasteiger partial charge in [0.05, 0.1) is 0 Å². The molecule has 0 aromatic carbocycles. The zero-order valence-electron chi connectivity index (χ0n) is 48.9. The molecule has 70 heavy (non-hydrogen) atoms. The average molecular weight is 4440 g/mol. The quantitative estimate of drug-likeness (QED) is 0.212. The normalized spacial score (nSPS) is 1.37. The van der Waals surface area contributed by atoms with E-state index in [4.69, 9.17) is 0 Å². The van der Waals surface area contributed by atoms with Crippen LogP contribution in [0.15, 0.2) is 0 Å². The zero-order chi connectivity index (χ0) is 16.5. The minimum absolute atomic E-state index is 0. The molecule has 0 bridgehead atoms. The Morgan fingerprint density at radius 2 is 0.114 bits per heavy atom. The van der Waals surface area contributed by atoms with Crippen LogP contribution in [0.2, 0.25) is 0 Å². The molecule has 0 heterocycles. The van der Waals surface area contributed by atoms with Crippen molar-refractivity contribution >= 4 is 0 Å². The summed E-state index contributed by atoms with van der Waals surface area (Å²) in [4.78, 5) is 0. The number of hydrogen-bond acceptors (Lipinski definition) is 0. The van der Waals surface area contributed by atoms with Crippen molar-refractivity contribution in [2.24, 2.45) is 5.41 Å². The van der Waals surface area contributed by atoms with Gasteiger partial charge in [0.1, 0.15) is 0 Å². The molecule has 0 aliphatic carbocycles. The van der Waals surface area contributed by atoms with Crippen LogP contribution in [-0.4, -0.2) is 0 Å². The van der Waals surface area contributed by atoms with E-state index in [1.165, 1.54) is 0 Å². The fourth-order valence-electron chi connectivity index (χ4n) is 0. The second-order valence-electron chi connectivity index (χ2n) is 1.50. The molecule has 0 saturated carbocycles. The Kier molecular flexibility index (Phi) is 3510. The minimum atomic E-state index is -0.500. The van der Waals surface area contributed by atoms with Gasteiger partial charge in [-0.25, -0.2) is 0 Å². The Morgan fingerprint density at radius 1 is 0.114 bits per heavy atom. The molecule has 0 atom stereocenters. The van der Waals surface area contributed by atoms with Crippen LogP contribution in [0.25, 0.3) is 0 Å². The summed E-state index contributed by atoms with van der Waals surface area (Å²) in [6, 6.07) is 0. The van der Waals surface area contributed by atoms with Gasteiger partial charge >= 0.3 is 0 Å². The van der Waals surface area contributed by atoms with Gasteiger partial charge in [-0.1, -0.05) is 83.1 Å². The molecule has 0 rings (SSSR count). The molecule has 46 heteroatoms. The van der Waals surface area contributed by atoms with Gasteiger partial charge < -0.3 is 85.1 Å². The first-order valence-electron chi connectivity index (χ1n) is 7.41. The second-order valence-corrected chi connectivity index (χ2v) is 1.50. The molecule has 0 amide bonds. The Labute approximate surface area is 1610 Å². The SMILES string of the molecule is CC.CC.CC.CC.CC.CC.[CH2-]C([CH2-])([CH2-])[CH2-].[CH3-].[CH3-].[CH3-].[CH3-].[CH3-].[CH3-].[CH3-].[Y].[Y].[Y].[Y].[Y].[Y].[Y].[Y].[Y].[Y].[Y].[Y].[Y].[Y].[Y].[Y].[Y].[Y].[Y].[Y].[Y].[Y].[Y].[Y].[Y].[Y].[Y].[Y].[Y].[Y].[Y].[Y].[Y].[Y].[Y].[Y].[Y].[Y].[Y].[Y].[Y].[Y].[Y].[Y].[Y].[Y]. The van der Waals surface area contributed by atoms with Crippen molar-refractivity contribution in [3.63, 3.8) is 0 Å². The fraction of sp³-hybridized carbons (Fsp3) is 0.542. The van der Waals surface area contributed by atoms with Gasteiger partial charge in [0, 0.05) is 1500 Å². The van der Waals surface area contributed by atoms with Crippen molar-refractivity contribution in [2.45, 2.75) is 83.1 Å². The summed E-state index contributed by atoms with van der Waals surface area (Å²) in [5.41, 5.74) is -0.500. The maximum atomic E-state index is 3.44. The van der Waals surface area contributed by atoms with Crippen molar-refractivity contribution in [1.82, 2.24) is 0 Å². The molecule has 0 nitrogen and oxygen atoms in total. The van der Waals surface area contributed by atoms with Gasteiger partial charge in [-0.05, 0) is 0 Å². The van der Waals surface area contributed by atoms with Gasteiger partial charge in [-0.3, -0.25) is 0 Å². The van der Waals surface area contributed by atoms with Crippen LogP contribution >= 0.6 is 0 Å². The monoisotopic (exact) mass is 4440 g/mol. The van der Waals surface area contributed by atoms with E-state index in [0.717, 1.165) is 0 Å². The third-order valence-corrected chi connectivity index (χ3v) is 0. The molecule has 0 aliphatic heterocycles. The van der Waals surface area contributed by atoms with Crippen molar-refractivity contribution in [3.05, 3.63) is 79.7 Å². The first-order chi connectivity index (χ1) is 8.00. The Balaban J connectivity index is -0.000000000258. The molecule has 0 aliphatic rings. The van der Waals surface area contributed by atoms with Crippen LogP contribution in [0.4, 0.5) is 0 Å². The summed E-state index contributed by atoms with van der Waals surface area (Å²) in [5, 5.41) is 0. The first-order valence-corrected chi connectivity index (χ1v) is 7.41. The van der Waals surface area contributed by atoms with Crippen LogP contribution in [0.1, 0.15) is 83.1 Å². The molecule has 46 radical (unpaired) electrons. The molecule has 0 saturated heterocycles. The van der Waals surface area contributed by atoms with Crippen LogP contribution in [-0.2, 0) is 1500 Å². The van der Waals surface area contributed by atoms with E-state index >= 15 is 0 Å². The first kappa shape index (κ1) is 469. The molecule has 0 spiro atoms. The van der Waals surface area contributed by atoms with E-state index in [9.17, 15) is 0 Å². The van der Waals surface area contributed by atoms with Crippen LogP contribution in [0, 0.1) is 85.1 Å². The molecule has 0 fully saturated rings. The van der Waals surface area contributed by atoms with E-state index < -0.39 is 5.41 Å². The molecule has 0 aromatic heterocycles. The largest absolute Gasteiger partial charge is 0.584 e. The maximum absolute atomic E-state index is 3.44. The van der Waals surface area contributed by atoms with E-state index in [2.05, 4.69) is 27.7 Å². The molecule has 310 valence electrons. The summed E-state index contributed by atoms with van der Waals surface area (Å²) in [6.45, 7) is 37.8. The van der Waals surface area contributed by atoms with Crippen LogP contribution < -0.4 is 0 Å². The summed E-state index contributed by atoms with van der Waals surface area (Å²) in [6.07, 6.45) is 0. The summed E-state index contributed by atoms with van der Waals surface area (Å²) >= 11 is 0. The minimum Gasteiger partial charge on any atom is -0.584 e. The zero-order valence-corrected chi connectivity index (χ0v) is 179. The van der Waals surface area contributed by atoms with Crippen molar-refractivity contribution in [1.29, 1.82) is 0 Å². The summed E-state index contributed by atoms with van der Waals surface area (Å²) in [5.74, 6) is 0.